The van der Waals surface area contributed by atoms with E-state index in [0.29, 0.717) is 10.7 Å². The second-order valence-corrected chi connectivity index (χ2v) is 5.68. The summed E-state index contributed by atoms with van der Waals surface area (Å²) in [5, 5.41) is 3.17. The van der Waals surface area contributed by atoms with Crippen LogP contribution in [0, 0.1) is 0 Å². The third-order valence-corrected chi connectivity index (χ3v) is 2.17. The molecular formula is C10H7Cl4NO. The Morgan fingerprint density at radius 3 is 2.25 bits per heavy atom. The quantitative estimate of drug-likeness (QED) is 0.643. The molecule has 0 saturated carbocycles. The first kappa shape index (κ1) is 13.7. The van der Waals surface area contributed by atoms with Crippen molar-refractivity contribution in [2.75, 3.05) is 5.32 Å². The van der Waals surface area contributed by atoms with Crippen molar-refractivity contribution < 1.29 is 4.79 Å². The summed E-state index contributed by atoms with van der Waals surface area (Å²) < 4.78 is -1.57. The van der Waals surface area contributed by atoms with Gasteiger partial charge in [-0.25, -0.2) is 0 Å². The minimum absolute atomic E-state index is 0.381. The van der Waals surface area contributed by atoms with Crippen molar-refractivity contribution >= 4 is 58.0 Å². The molecule has 0 heterocycles. The van der Waals surface area contributed by atoms with E-state index >= 15 is 0 Å². The Morgan fingerprint density at radius 2 is 1.75 bits per heavy atom. The minimum Gasteiger partial charge on any atom is -0.323 e. The zero-order valence-corrected chi connectivity index (χ0v) is 10.9. The van der Waals surface area contributed by atoms with Gasteiger partial charge in [-0.2, -0.15) is 0 Å². The number of hydrogen-bond acceptors (Lipinski definition) is 1. The normalized spacial score (nSPS) is 11.8. The van der Waals surface area contributed by atoms with Gasteiger partial charge in [0.1, 0.15) is 0 Å². The molecule has 0 radical (unpaired) electrons. The van der Waals surface area contributed by atoms with Crippen molar-refractivity contribution in [3.05, 3.63) is 41.4 Å². The van der Waals surface area contributed by atoms with Gasteiger partial charge in [0, 0.05) is 16.8 Å². The van der Waals surface area contributed by atoms with E-state index in [2.05, 4.69) is 5.32 Å². The number of anilines is 1. The van der Waals surface area contributed by atoms with E-state index < -0.39 is 3.79 Å². The maximum atomic E-state index is 11.3. The van der Waals surface area contributed by atoms with E-state index in [0.717, 1.165) is 6.08 Å². The van der Waals surface area contributed by atoms with Crippen molar-refractivity contribution in [3.63, 3.8) is 0 Å². The third kappa shape index (κ3) is 5.61. The van der Waals surface area contributed by atoms with Gasteiger partial charge in [0.05, 0.1) is 0 Å². The van der Waals surface area contributed by atoms with Gasteiger partial charge in [0.2, 0.25) is 9.70 Å². The lowest BCUT2D eigenvalue weighted by molar-refractivity contribution is -0.111. The SMILES string of the molecule is O=C(/C=C/C(Cl)(Cl)Cl)Nc1ccc(Cl)cc1. The standard InChI is InChI=1S/C10H7Cl4NO/c11-7-1-3-8(4-2-7)15-9(16)5-6-10(12,13)14/h1-6H,(H,15,16)/b6-5+. The van der Waals surface area contributed by atoms with Gasteiger partial charge in [-0.3, -0.25) is 4.79 Å². The van der Waals surface area contributed by atoms with Crippen molar-refractivity contribution in [1.82, 2.24) is 0 Å². The summed E-state index contributed by atoms with van der Waals surface area (Å²) in [7, 11) is 0. The number of carbonyl (C=O) groups is 1. The highest BCUT2D eigenvalue weighted by molar-refractivity contribution is 6.69. The van der Waals surface area contributed by atoms with Crippen LogP contribution in [0.25, 0.3) is 0 Å². The van der Waals surface area contributed by atoms with Crippen LogP contribution in [0.15, 0.2) is 36.4 Å². The van der Waals surface area contributed by atoms with Crippen LogP contribution in [0.1, 0.15) is 0 Å². The summed E-state index contributed by atoms with van der Waals surface area (Å²) in [5.41, 5.74) is 0.614. The molecule has 0 aliphatic heterocycles. The topological polar surface area (TPSA) is 29.1 Å². The molecule has 86 valence electrons. The van der Waals surface area contributed by atoms with Gasteiger partial charge in [0.25, 0.3) is 0 Å². The molecule has 0 fully saturated rings. The summed E-state index contributed by atoms with van der Waals surface area (Å²) in [6, 6.07) is 6.67. The molecule has 6 heteroatoms. The molecule has 1 aromatic carbocycles. The number of carbonyl (C=O) groups excluding carboxylic acids is 1. The van der Waals surface area contributed by atoms with Crippen LogP contribution in [-0.2, 0) is 4.79 Å². The highest BCUT2D eigenvalue weighted by Crippen LogP contribution is 2.27. The van der Waals surface area contributed by atoms with Crippen LogP contribution in [0.2, 0.25) is 5.02 Å². The lowest BCUT2D eigenvalue weighted by atomic mass is 10.3. The van der Waals surface area contributed by atoms with Gasteiger partial charge >= 0.3 is 0 Å². The predicted octanol–water partition coefficient (Wildman–Crippen LogP) is 4.20. The zero-order chi connectivity index (χ0) is 12.2. The number of halogens is 4. The smallest absolute Gasteiger partial charge is 0.248 e. The van der Waals surface area contributed by atoms with E-state index in [1.165, 1.54) is 6.08 Å². The monoisotopic (exact) mass is 297 g/mol. The number of hydrogen-bond donors (Lipinski definition) is 1. The number of rotatable bonds is 2. The Balaban J connectivity index is 2.59. The molecule has 1 N–H and O–H groups in total. The first-order chi connectivity index (χ1) is 7.37. The maximum Gasteiger partial charge on any atom is 0.248 e. The van der Waals surface area contributed by atoms with Gasteiger partial charge in [-0.1, -0.05) is 46.4 Å². The van der Waals surface area contributed by atoms with Crippen molar-refractivity contribution in [1.29, 1.82) is 0 Å². The van der Waals surface area contributed by atoms with Gasteiger partial charge in [-0.15, -0.1) is 0 Å². The number of benzene rings is 1. The molecule has 0 spiro atoms. The molecule has 1 amide bonds. The molecule has 1 rings (SSSR count). The van der Waals surface area contributed by atoms with E-state index in [1.807, 2.05) is 0 Å². The van der Waals surface area contributed by atoms with Crippen molar-refractivity contribution in [2.24, 2.45) is 0 Å². The summed E-state index contributed by atoms with van der Waals surface area (Å²) in [6.07, 6.45) is 2.32. The van der Waals surface area contributed by atoms with Crippen LogP contribution < -0.4 is 5.32 Å². The van der Waals surface area contributed by atoms with Gasteiger partial charge in [0.15, 0.2) is 0 Å². The van der Waals surface area contributed by atoms with Crippen molar-refractivity contribution in [2.45, 2.75) is 3.79 Å². The molecule has 0 saturated heterocycles. The molecule has 0 aliphatic rings. The average molecular weight is 299 g/mol. The second kappa shape index (κ2) is 5.78. The average Bonchev–Trinajstić information content (AvgIpc) is 2.18. The highest BCUT2D eigenvalue weighted by Gasteiger charge is 2.14. The van der Waals surface area contributed by atoms with Gasteiger partial charge < -0.3 is 5.32 Å². The maximum absolute atomic E-state index is 11.3. The summed E-state index contributed by atoms with van der Waals surface area (Å²) >= 11 is 22.0. The molecule has 2 nitrogen and oxygen atoms in total. The van der Waals surface area contributed by atoms with Crippen LogP contribution in [0.3, 0.4) is 0 Å². The molecular weight excluding hydrogens is 292 g/mol. The molecule has 0 unspecified atom stereocenters. The number of amides is 1. The zero-order valence-electron chi connectivity index (χ0n) is 7.88. The van der Waals surface area contributed by atoms with Crippen molar-refractivity contribution in [3.8, 4) is 0 Å². The summed E-state index contributed by atoms with van der Waals surface area (Å²) in [4.78, 5) is 11.3. The first-order valence-electron chi connectivity index (χ1n) is 4.19. The molecule has 0 aliphatic carbocycles. The number of allylic oxidation sites excluding steroid dienone is 1. The molecule has 16 heavy (non-hydrogen) atoms. The Bertz CT molecular complexity index is 394. The van der Waals surface area contributed by atoms with E-state index in [1.54, 1.807) is 24.3 Å². The molecule has 0 bridgehead atoms. The highest BCUT2D eigenvalue weighted by atomic mass is 35.6. The Kier molecular flexibility index (Phi) is 4.93. The predicted molar refractivity (Wildman–Crippen MR) is 69.5 cm³/mol. The van der Waals surface area contributed by atoms with Gasteiger partial charge in [-0.05, 0) is 30.3 Å². The van der Waals surface area contributed by atoms with E-state index in [4.69, 9.17) is 46.4 Å². The fraction of sp³-hybridized carbons (Fsp3) is 0.100. The Labute approximate surface area is 113 Å². The Morgan fingerprint density at radius 1 is 1.19 bits per heavy atom. The summed E-state index contributed by atoms with van der Waals surface area (Å²) in [6.45, 7) is 0. The van der Waals surface area contributed by atoms with E-state index in [9.17, 15) is 4.79 Å². The molecule has 0 atom stereocenters. The largest absolute Gasteiger partial charge is 0.323 e. The minimum atomic E-state index is -1.57. The van der Waals surface area contributed by atoms with Crippen LogP contribution >= 0.6 is 46.4 Å². The third-order valence-electron chi connectivity index (χ3n) is 1.54. The summed E-state index contributed by atoms with van der Waals surface area (Å²) in [5.74, 6) is -0.381. The molecule has 0 aromatic heterocycles. The number of nitrogens with one attached hydrogen (secondary N) is 1. The molecule has 1 aromatic rings. The first-order valence-corrected chi connectivity index (χ1v) is 5.70. The Hall–Kier alpha value is -0.410. The number of alkyl halides is 3. The lowest BCUT2D eigenvalue weighted by Gasteiger charge is -2.04. The van der Waals surface area contributed by atoms with Crippen LogP contribution in [0.5, 0.6) is 0 Å². The fourth-order valence-corrected chi connectivity index (χ4v) is 1.20. The van der Waals surface area contributed by atoms with Crippen LogP contribution in [0.4, 0.5) is 5.69 Å². The van der Waals surface area contributed by atoms with E-state index in [-0.39, 0.29) is 5.91 Å². The fourth-order valence-electron chi connectivity index (χ4n) is 0.887. The lowest BCUT2D eigenvalue weighted by Crippen LogP contribution is -2.09. The second-order valence-electron chi connectivity index (χ2n) is 2.87. The van der Waals surface area contributed by atoms with Crippen LogP contribution in [-0.4, -0.2) is 9.70 Å².